The van der Waals surface area contributed by atoms with Gasteiger partial charge in [0.2, 0.25) is 0 Å². The van der Waals surface area contributed by atoms with Gasteiger partial charge in [-0.15, -0.1) is 0 Å². The Morgan fingerprint density at radius 3 is 0.889 bits per heavy atom. The van der Waals surface area contributed by atoms with Crippen LogP contribution < -0.4 is 0 Å². The molecule has 0 rings (SSSR count). The Morgan fingerprint density at radius 2 is 0.889 bits per heavy atom. The summed E-state index contributed by atoms with van der Waals surface area (Å²) < 4.78 is 52.5. The quantitative estimate of drug-likeness (QED) is 0.325. The third kappa shape index (κ3) is 3.84. The molecular formula is H2CuO6S2. The predicted octanol–water partition coefficient (Wildman–Crippen LogP) is -1.33. The molecule has 0 aliphatic rings. The van der Waals surface area contributed by atoms with Crippen molar-refractivity contribution in [3.63, 3.8) is 0 Å². The normalized spacial score (nSPS) is 12.2. The van der Waals surface area contributed by atoms with Crippen molar-refractivity contribution >= 4 is 18.3 Å². The van der Waals surface area contributed by atoms with Crippen molar-refractivity contribution in [3.8, 4) is 0 Å². The molecule has 6 nitrogen and oxygen atoms in total. The van der Waals surface area contributed by atoms with Gasteiger partial charge < -0.3 is 0 Å². The first-order valence-electron chi connectivity index (χ1n) is 1.20. The molecule has 1 radical (unpaired) electrons. The van der Waals surface area contributed by atoms with Crippen molar-refractivity contribution < 1.29 is 43.0 Å². The molecule has 0 aliphatic carbocycles. The first-order chi connectivity index (χ1) is 3.25. The standard InChI is InChI=1S/Cu.H2O6S2/c;1-7(2,3)8(4,5)6/h;(H,1,2,3)(H,4,5,6). The smallest absolute Gasteiger partial charge is 0.272 e. The van der Waals surface area contributed by atoms with Crippen molar-refractivity contribution in [2.75, 3.05) is 0 Å². The van der Waals surface area contributed by atoms with Crippen LogP contribution in [0, 0.1) is 0 Å². The molecule has 0 bridgehead atoms. The monoisotopic (exact) mass is 225 g/mol. The molecule has 0 aromatic carbocycles. The van der Waals surface area contributed by atoms with Crippen LogP contribution in [0.5, 0.6) is 0 Å². The van der Waals surface area contributed by atoms with Crippen LogP contribution in [0.4, 0.5) is 0 Å². The van der Waals surface area contributed by atoms with Gasteiger partial charge in [-0.25, -0.2) is 0 Å². The van der Waals surface area contributed by atoms with E-state index in [-0.39, 0.29) is 17.1 Å². The topological polar surface area (TPSA) is 109 Å². The van der Waals surface area contributed by atoms with Gasteiger partial charge in [0.1, 0.15) is 0 Å². The second-order valence-corrected chi connectivity index (χ2v) is 5.09. The number of hydrogen-bond acceptors (Lipinski definition) is 4. The molecule has 0 fully saturated rings. The Bertz CT molecular complexity index is 223. The number of rotatable bonds is 1. The SMILES string of the molecule is O=S(=O)(O)S(=O)(=O)O.[Cu]. The van der Waals surface area contributed by atoms with Crippen molar-refractivity contribution in [1.29, 1.82) is 0 Å². The van der Waals surface area contributed by atoms with Crippen molar-refractivity contribution in [2.45, 2.75) is 0 Å². The number of hydrogen-bond donors (Lipinski definition) is 2. The van der Waals surface area contributed by atoms with E-state index >= 15 is 0 Å². The van der Waals surface area contributed by atoms with Gasteiger partial charge in [-0.05, 0) is 0 Å². The molecule has 0 saturated heterocycles. The summed E-state index contributed by atoms with van der Waals surface area (Å²) in [7, 11) is -10.6. The van der Waals surface area contributed by atoms with E-state index in [1.165, 1.54) is 0 Å². The summed E-state index contributed by atoms with van der Waals surface area (Å²) in [6.07, 6.45) is 0. The summed E-state index contributed by atoms with van der Waals surface area (Å²) >= 11 is 0. The molecule has 0 aromatic heterocycles. The molecule has 2 N–H and O–H groups in total. The summed E-state index contributed by atoms with van der Waals surface area (Å²) in [5.74, 6) is 0. The minimum absolute atomic E-state index is 0. The fourth-order valence-corrected chi connectivity index (χ4v) is 0. The molecule has 61 valence electrons. The van der Waals surface area contributed by atoms with Gasteiger partial charge in [0, 0.05) is 17.1 Å². The predicted molar refractivity (Wildman–Crippen MR) is 23.1 cm³/mol. The van der Waals surface area contributed by atoms with E-state index in [0.717, 1.165) is 0 Å². The molecule has 0 spiro atoms. The van der Waals surface area contributed by atoms with Crippen molar-refractivity contribution in [3.05, 3.63) is 0 Å². The van der Waals surface area contributed by atoms with E-state index < -0.39 is 18.3 Å². The van der Waals surface area contributed by atoms with Crippen LogP contribution in [-0.4, -0.2) is 25.9 Å². The van der Waals surface area contributed by atoms with E-state index in [1.807, 2.05) is 0 Å². The van der Waals surface area contributed by atoms with Gasteiger partial charge in [0.25, 0.3) is 0 Å². The third-order valence-corrected chi connectivity index (χ3v) is 2.40. The summed E-state index contributed by atoms with van der Waals surface area (Å²) in [6, 6.07) is 0. The van der Waals surface area contributed by atoms with Crippen molar-refractivity contribution in [2.24, 2.45) is 0 Å². The third-order valence-electron chi connectivity index (χ3n) is 0.266. The molecule has 9 heavy (non-hydrogen) atoms. The van der Waals surface area contributed by atoms with E-state index in [0.29, 0.717) is 0 Å². The molecule has 9 heteroatoms. The van der Waals surface area contributed by atoms with Crippen LogP contribution in [0.25, 0.3) is 0 Å². The molecule has 0 atom stereocenters. The van der Waals surface area contributed by atoms with Crippen LogP contribution in [-0.2, 0) is 35.4 Å². The Hall–Kier alpha value is 0.339. The summed E-state index contributed by atoms with van der Waals surface area (Å²) in [4.78, 5) is 0. The molecule has 0 heterocycles. The zero-order valence-electron chi connectivity index (χ0n) is 3.65. The van der Waals surface area contributed by atoms with Gasteiger partial charge in [0.15, 0.2) is 0 Å². The van der Waals surface area contributed by atoms with Crippen LogP contribution in [0.2, 0.25) is 0 Å². The summed E-state index contributed by atoms with van der Waals surface area (Å²) in [5, 5.41) is 0. The van der Waals surface area contributed by atoms with Crippen LogP contribution in [0.1, 0.15) is 0 Å². The van der Waals surface area contributed by atoms with Gasteiger partial charge in [-0.2, -0.15) is 16.8 Å². The maximum atomic E-state index is 9.37. The maximum absolute atomic E-state index is 9.37. The van der Waals surface area contributed by atoms with Crippen LogP contribution >= 0.6 is 0 Å². The van der Waals surface area contributed by atoms with Gasteiger partial charge in [-0.3, -0.25) is 9.11 Å². The average Bonchev–Trinajstić information content (AvgIpc) is 1.25. The molecule has 0 amide bonds. The van der Waals surface area contributed by atoms with E-state index in [2.05, 4.69) is 0 Å². The zero-order valence-corrected chi connectivity index (χ0v) is 6.22. The fourth-order valence-electron chi connectivity index (χ4n) is 0. The van der Waals surface area contributed by atoms with Gasteiger partial charge in [0.05, 0.1) is 0 Å². The molecule has 0 aromatic rings. The van der Waals surface area contributed by atoms with Crippen LogP contribution in [0.15, 0.2) is 0 Å². The second kappa shape index (κ2) is 2.95. The Kier molecular flexibility index (Phi) is 3.95. The largest absolute Gasteiger partial charge is 0.397 e. The molecular weight excluding hydrogens is 224 g/mol. The summed E-state index contributed by atoms with van der Waals surface area (Å²) in [6.45, 7) is 0. The average molecular weight is 226 g/mol. The minimum atomic E-state index is -5.31. The zero-order chi connectivity index (χ0) is 7.00. The Balaban J connectivity index is 0. The van der Waals surface area contributed by atoms with E-state index in [1.54, 1.807) is 0 Å². The summed E-state index contributed by atoms with van der Waals surface area (Å²) in [5.41, 5.74) is 0. The van der Waals surface area contributed by atoms with Gasteiger partial charge >= 0.3 is 18.3 Å². The Morgan fingerprint density at radius 1 is 0.778 bits per heavy atom. The first-order valence-corrected chi connectivity index (χ1v) is 4.60. The second-order valence-electron chi connectivity index (χ2n) is 0.855. The van der Waals surface area contributed by atoms with E-state index in [9.17, 15) is 16.8 Å². The molecule has 0 aliphatic heterocycles. The van der Waals surface area contributed by atoms with Crippen molar-refractivity contribution in [1.82, 2.24) is 0 Å². The first kappa shape index (κ1) is 12.1. The molecule has 0 unspecified atom stereocenters. The Labute approximate surface area is 61.6 Å². The minimum Gasteiger partial charge on any atom is -0.272 e. The van der Waals surface area contributed by atoms with Crippen LogP contribution in [0.3, 0.4) is 0 Å². The molecule has 0 saturated carbocycles. The van der Waals surface area contributed by atoms with E-state index in [4.69, 9.17) is 9.11 Å². The van der Waals surface area contributed by atoms with Gasteiger partial charge in [-0.1, -0.05) is 0 Å². The maximum Gasteiger partial charge on any atom is 0.397 e. The fraction of sp³-hybridized carbons (Fsp3) is 0.